The summed E-state index contributed by atoms with van der Waals surface area (Å²) < 4.78 is 11.3. The van der Waals surface area contributed by atoms with E-state index in [9.17, 15) is 0 Å². The minimum atomic E-state index is 0.351. The highest BCUT2D eigenvalue weighted by Gasteiger charge is 2.40. The molecule has 2 aliphatic rings. The zero-order chi connectivity index (χ0) is 11.7. The molecule has 94 valence electrons. The quantitative estimate of drug-likeness (QED) is 0.856. The molecule has 1 aromatic heterocycles. The lowest BCUT2D eigenvalue weighted by Gasteiger charge is -2.33. The smallest absolute Gasteiger partial charge is 0.117 e. The molecule has 0 spiro atoms. The summed E-state index contributed by atoms with van der Waals surface area (Å²) in [5, 5.41) is 3.57. The van der Waals surface area contributed by atoms with E-state index in [-0.39, 0.29) is 0 Å². The average Bonchev–Trinajstić information content (AvgIpc) is 2.96. The van der Waals surface area contributed by atoms with Crippen molar-refractivity contribution in [2.45, 2.75) is 37.6 Å². The molecule has 0 bridgehead atoms. The third-order valence-corrected chi connectivity index (χ3v) is 3.89. The summed E-state index contributed by atoms with van der Waals surface area (Å²) in [6, 6.07) is 4.98. The number of ether oxygens (including phenoxy) is 1. The molecule has 0 radical (unpaired) electrons. The molecule has 0 saturated carbocycles. The van der Waals surface area contributed by atoms with Crippen LogP contribution in [0.1, 0.15) is 18.6 Å². The van der Waals surface area contributed by atoms with Gasteiger partial charge in [-0.2, -0.15) is 0 Å². The second-order valence-electron chi connectivity index (χ2n) is 5.05. The van der Waals surface area contributed by atoms with Gasteiger partial charge in [0.15, 0.2) is 0 Å². The van der Waals surface area contributed by atoms with Gasteiger partial charge in [0.2, 0.25) is 0 Å². The predicted octanol–water partition coefficient (Wildman–Crippen LogP) is 1.23. The molecule has 0 amide bonds. The summed E-state index contributed by atoms with van der Waals surface area (Å²) >= 11 is 0. The van der Waals surface area contributed by atoms with E-state index in [0.29, 0.717) is 18.2 Å². The maximum atomic E-state index is 5.92. The van der Waals surface area contributed by atoms with Crippen LogP contribution in [0.4, 0.5) is 0 Å². The van der Waals surface area contributed by atoms with Crippen molar-refractivity contribution in [2.75, 3.05) is 20.2 Å². The van der Waals surface area contributed by atoms with Gasteiger partial charge in [0, 0.05) is 25.2 Å². The first-order valence-corrected chi connectivity index (χ1v) is 6.42. The van der Waals surface area contributed by atoms with Crippen molar-refractivity contribution in [2.24, 2.45) is 0 Å². The van der Waals surface area contributed by atoms with Crippen LogP contribution in [0.3, 0.4) is 0 Å². The standard InChI is InChI=1S/C13H20N2O2/c1-15(9-10-4-2-6-16-10)12-8-14-11-5-3-7-17-13(11)12/h2,4,6,11-14H,3,5,7-9H2,1H3/t11-,12-,13+/m1/s1. The summed E-state index contributed by atoms with van der Waals surface area (Å²) in [5.41, 5.74) is 0. The van der Waals surface area contributed by atoms with Crippen molar-refractivity contribution in [3.8, 4) is 0 Å². The Labute approximate surface area is 102 Å². The molecular formula is C13H20N2O2. The molecular weight excluding hydrogens is 216 g/mol. The van der Waals surface area contributed by atoms with Crippen LogP contribution < -0.4 is 5.32 Å². The summed E-state index contributed by atoms with van der Waals surface area (Å²) in [7, 11) is 2.15. The van der Waals surface area contributed by atoms with Gasteiger partial charge in [0.1, 0.15) is 5.76 Å². The van der Waals surface area contributed by atoms with Crippen molar-refractivity contribution in [1.29, 1.82) is 0 Å². The van der Waals surface area contributed by atoms with E-state index in [0.717, 1.165) is 25.5 Å². The van der Waals surface area contributed by atoms with Crippen molar-refractivity contribution in [1.82, 2.24) is 10.2 Å². The Balaban J connectivity index is 1.63. The highest BCUT2D eigenvalue weighted by Crippen LogP contribution is 2.25. The minimum absolute atomic E-state index is 0.351. The molecule has 1 N–H and O–H groups in total. The number of likely N-dealkylation sites (N-methyl/N-ethyl adjacent to an activating group) is 1. The SMILES string of the molecule is CN(Cc1ccco1)[C@@H]1CN[C@@H]2CCCO[C@H]12. The second kappa shape index (κ2) is 4.80. The van der Waals surface area contributed by atoms with E-state index in [1.807, 2.05) is 12.1 Å². The van der Waals surface area contributed by atoms with Gasteiger partial charge in [0.25, 0.3) is 0 Å². The third kappa shape index (κ3) is 2.25. The van der Waals surface area contributed by atoms with E-state index >= 15 is 0 Å². The Kier molecular flexibility index (Phi) is 3.18. The zero-order valence-electron chi connectivity index (χ0n) is 10.3. The number of nitrogens with one attached hydrogen (secondary N) is 1. The molecule has 1 aromatic rings. The Morgan fingerprint density at radius 2 is 2.47 bits per heavy atom. The number of furan rings is 1. The van der Waals surface area contributed by atoms with Crippen molar-refractivity contribution >= 4 is 0 Å². The van der Waals surface area contributed by atoms with Crippen LogP contribution in [0.2, 0.25) is 0 Å². The molecule has 0 unspecified atom stereocenters. The largest absolute Gasteiger partial charge is 0.468 e. The highest BCUT2D eigenvalue weighted by atomic mass is 16.5. The summed E-state index contributed by atoms with van der Waals surface area (Å²) in [6.07, 6.45) is 4.51. The fourth-order valence-electron chi connectivity index (χ4n) is 2.96. The molecule has 2 aliphatic heterocycles. The molecule has 4 nitrogen and oxygen atoms in total. The lowest BCUT2D eigenvalue weighted by Crippen LogP contribution is -2.45. The molecule has 3 rings (SSSR count). The van der Waals surface area contributed by atoms with Gasteiger partial charge in [-0.15, -0.1) is 0 Å². The Bertz CT molecular complexity index is 352. The molecule has 3 heterocycles. The summed E-state index contributed by atoms with van der Waals surface area (Å²) in [6.45, 7) is 2.78. The Hall–Kier alpha value is -0.840. The average molecular weight is 236 g/mol. The monoisotopic (exact) mass is 236 g/mol. The second-order valence-corrected chi connectivity index (χ2v) is 5.05. The lowest BCUT2D eigenvalue weighted by molar-refractivity contribution is -0.0274. The van der Waals surface area contributed by atoms with Crippen LogP contribution in [0.15, 0.2) is 22.8 Å². The van der Waals surface area contributed by atoms with Crippen molar-refractivity contribution in [3.05, 3.63) is 24.2 Å². The molecule has 2 saturated heterocycles. The number of hydrogen-bond donors (Lipinski definition) is 1. The highest BCUT2D eigenvalue weighted by molar-refractivity contribution is 5.02. The molecule has 4 heteroatoms. The fraction of sp³-hybridized carbons (Fsp3) is 0.692. The van der Waals surface area contributed by atoms with Gasteiger partial charge in [-0.1, -0.05) is 0 Å². The number of rotatable bonds is 3. The maximum absolute atomic E-state index is 5.92. The van der Waals surface area contributed by atoms with Crippen molar-refractivity contribution < 1.29 is 9.15 Å². The van der Waals surface area contributed by atoms with Gasteiger partial charge in [-0.3, -0.25) is 4.90 Å². The lowest BCUT2D eigenvalue weighted by atomic mass is 10.0. The predicted molar refractivity (Wildman–Crippen MR) is 64.7 cm³/mol. The summed E-state index contributed by atoms with van der Waals surface area (Å²) in [4.78, 5) is 2.34. The first kappa shape index (κ1) is 11.3. The van der Waals surface area contributed by atoms with Gasteiger partial charge in [-0.25, -0.2) is 0 Å². The topological polar surface area (TPSA) is 37.6 Å². The van der Waals surface area contributed by atoms with Crippen LogP contribution in [0, 0.1) is 0 Å². The third-order valence-electron chi connectivity index (χ3n) is 3.89. The van der Waals surface area contributed by atoms with Gasteiger partial charge in [0.05, 0.1) is 18.9 Å². The minimum Gasteiger partial charge on any atom is -0.468 e. The first-order valence-electron chi connectivity index (χ1n) is 6.42. The molecule has 2 fully saturated rings. The van der Waals surface area contributed by atoms with Gasteiger partial charge in [-0.05, 0) is 32.0 Å². The van der Waals surface area contributed by atoms with Gasteiger partial charge < -0.3 is 14.5 Å². The zero-order valence-corrected chi connectivity index (χ0v) is 10.3. The van der Waals surface area contributed by atoms with E-state index in [1.165, 1.54) is 12.8 Å². The Morgan fingerprint density at radius 1 is 1.53 bits per heavy atom. The maximum Gasteiger partial charge on any atom is 0.117 e. The normalized spacial score (nSPS) is 32.9. The number of fused-ring (bicyclic) bond motifs is 1. The van der Waals surface area contributed by atoms with Crippen LogP contribution in [-0.2, 0) is 11.3 Å². The first-order chi connectivity index (χ1) is 8.34. The van der Waals surface area contributed by atoms with Crippen LogP contribution in [0.5, 0.6) is 0 Å². The van der Waals surface area contributed by atoms with Crippen LogP contribution in [0.25, 0.3) is 0 Å². The van der Waals surface area contributed by atoms with E-state index in [2.05, 4.69) is 17.3 Å². The van der Waals surface area contributed by atoms with Gasteiger partial charge >= 0.3 is 0 Å². The van der Waals surface area contributed by atoms with E-state index < -0.39 is 0 Å². The molecule has 3 atom stereocenters. The van der Waals surface area contributed by atoms with E-state index in [1.54, 1.807) is 6.26 Å². The summed E-state index contributed by atoms with van der Waals surface area (Å²) in [5.74, 6) is 1.02. The molecule has 0 aromatic carbocycles. The number of nitrogens with zero attached hydrogens (tertiary/aromatic N) is 1. The van der Waals surface area contributed by atoms with E-state index in [4.69, 9.17) is 9.15 Å². The van der Waals surface area contributed by atoms with Crippen LogP contribution in [-0.4, -0.2) is 43.3 Å². The number of hydrogen-bond acceptors (Lipinski definition) is 4. The molecule has 0 aliphatic carbocycles. The van der Waals surface area contributed by atoms with Crippen LogP contribution >= 0.6 is 0 Å². The Morgan fingerprint density at radius 3 is 3.29 bits per heavy atom. The fourth-order valence-corrected chi connectivity index (χ4v) is 2.96. The molecule has 17 heavy (non-hydrogen) atoms. The van der Waals surface area contributed by atoms with Crippen molar-refractivity contribution in [3.63, 3.8) is 0 Å².